The first-order valence-corrected chi connectivity index (χ1v) is 5.69. The molecule has 0 saturated heterocycles. The van der Waals surface area contributed by atoms with Crippen molar-refractivity contribution in [3.8, 4) is 5.75 Å². The first kappa shape index (κ1) is 11.4. The Kier molecular flexibility index (Phi) is 4.26. The predicted octanol–water partition coefficient (Wildman–Crippen LogP) is 3.65. The van der Waals surface area contributed by atoms with Crippen LogP contribution < -0.4 is 4.74 Å². The van der Waals surface area contributed by atoms with Crippen LogP contribution in [0.25, 0.3) is 0 Å². The first-order valence-electron chi connectivity index (χ1n) is 4.64. The molecule has 0 amide bonds. The molecule has 1 nitrogen and oxygen atoms in total. The summed E-state index contributed by atoms with van der Waals surface area (Å²) < 4.78 is 18.5. The second kappa shape index (κ2) is 5.25. The van der Waals surface area contributed by atoms with Gasteiger partial charge in [0, 0.05) is 16.9 Å². The van der Waals surface area contributed by atoms with E-state index in [1.165, 1.54) is 6.07 Å². The van der Waals surface area contributed by atoms with Crippen LogP contribution in [0.4, 0.5) is 4.39 Å². The van der Waals surface area contributed by atoms with Gasteiger partial charge in [-0.3, -0.25) is 0 Å². The Morgan fingerprint density at radius 2 is 2.21 bits per heavy atom. The molecule has 0 radical (unpaired) electrons. The smallest absolute Gasteiger partial charge is 0.131 e. The van der Waals surface area contributed by atoms with Crippen molar-refractivity contribution < 1.29 is 9.13 Å². The fraction of sp³-hybridized carbons (Fsp3) is 0.455. The summed E-state index contributed by atoms with van der Waals surface area (Å²) in [5, 5.41) is 0.200. The van der Waals surface area contributed by atoms with Gasteiger partial charge in [0.1, 0.15) is 11.6 Å². The third-order valence-electron chi connectivity index (χ3n) is 2.06. The zero-order valence-corrected chi connectivity index (χ0v) is 9.53. The third-order valence-corrected chi connectivity index (χ3v) is 3.15. The van der Waals surface area contributed by atoms with Gasteiger partial charge < -0.3 is 4.74 Å². The van der Waals surface area contributed by atoms with Crippen LogP contribution in [0, 0.1) is 5.82 Å². The van der Waals surface area contributed by atoms with Gasteiger partial charge in [0.25, 0.3) is 0 Å². The van der Waals surface area contributed by atoms with E-state index in [-0.39, 0.29) is 11.1 Å². The van der Waals surface area contributed by atoms with E-state index in [4.69, 9.17) is 4.74 Å². The van der Waals surface area contributed by atoms with Crippen LogP contribution in [0.3, 0.4) is 0 Å². The fourth-order valence-electron chi connectivity index (χ4n) is 1.30. The van der Waals surface area contributed by atoms with Crippen molar-refractivity contribution in [1.29, 1.82) is 0 Å². The number of ether oxygens (including phenoxy) is 1. The minimum Gasteiger partial charge on any atom is -0.497 e. The number of methoxy groups -OCH3 is 1. The zero-order chi connectivity index (χ0) is 10.6. The number of hydrogen-bond acceptors (Lipinski definition) is 2. The van der Waals surface area contributed by atoms with E-state index in [1.807, 2.05) is 6.92 Å². The Balaban J connectivity index is 2.88. The minimum absolute atomic E-state index is 0.183. The van der Waals surface area contributed by atoms with Crippen LogP contribution >= 0.6 is 11.8 Å². The van der Waals surface area contributed by atoms with E-state index in [1.54, 1.807) is 31.0 Å². The maximum absolute atomic E-state index is 13.5. The van der Waals surface area contributed by atoms with Gasteiger partial charge in [-0.1, -0.05) is 13.0 Å². The Labute approximate surface area is 88.7 Å². The Hall–Kier alpha value is -0.700. The molecule has 1 aromatic rings. The van der Waals surface area contributed by atoms with E-state index in [2.05, 4.69) is 6.92 Å². The predicted molar refractivity (Wildman–Crippen MR) is 59.5 cm³/mol. The van der Waals surface area contributed by atoms with Crippen LogP contribution in [0.5, 0.6) is 5.75 Å². The molecule has 1 atom stereocenters. The molecule has 0 heterocycles. The molecule has 0 N–H and O–H groups in total. The summed E-state index contributed by atoms with van der Waals surface area (Å²) in [7, 11) is 1.54. The molecular weight excluding hydrogens is 199 g/mol. The summed E-state index contributed by atoms with van der Waals surface area (Å²) in [6.45, 7) is 4.08. The summed E-state index contributed by atoms with van der Waals surface area (Å²) in [6, 6.07) is 5.02. The molecule has 0 aromatic heterocycles. The fourth-order valence-corrected chi connectivity index (χ4v) is 2.18. The second-order valence-corrected chi connectivity index (χ2v) is 4.60. The van der Waals surface area contributed by atoms with Crippen LogP contribution in [0.1, 0.15) is 24.7 Å². The minimum atomic E-state index is -0.183. The highest BCUT2D eigenvalue weighted by Crippen LogP contribution is 2.31. The lowest BCUT2D eigenvalue weighted by molar-refractivity contribution is 0.410. The van der Waals surface area contributed by atoms with Gasteiger partial charge in [-0.2, -0.15) is 11.8 Å². The highest BCUT2D eigenvalue weighted by atomic mass is 32.2. The zero-order valence-electron chi connectivity index (χ0n) is 8.71. The van der Waals surface area contributed by atoms with E-state index in [0.29, 0.717) is 5.75 Å². The van der Waals surface area contributed by atoms with Gasteiger partial charge in [-0.25, -0.2) is 4.39 Å². The van der Waals surface area contributed by atoms with Gasteiger partial charge in [0.15, 0.2) is 0 Å². The number of thioether (sulfide) groups is 1. The maximum Gasteiger partial charge on any atom is 0.131 e. The van der Waals surface area contributed by atoms with Crippen LogP contribution in [0.2, 0.25) is 0 Å². The van der Waals surface area contributed by atoms with Crippen molar-refractivity contribution in [2.75, 3.05) is 12.9 Å². The summed E-state index contributed by atoms with van der Waals surface area (Å²) in [5.74, 6) is 1.38. The summed E-state index contributed by atoms with van der Waals surface area (Å²) >= 11 is 1.73. The molecule has 3 heteroatoms. The highest BCUT2D eigenvalue weighted by Gasteiger charge is 2.10. The van der Waals surface area contributed by atoms with Crippen LogP contribution in [0.15, 0.2) is 18.2 Å². The Bertz CT molecular complexity index is 301. The lowest BCUT2D eigenvalue weighted by Crippen LogP contribution is -1.95. The molecule has 0 bridgehead atoms. The first-order chi connectivity index (χ1) is 6.69. The van der Waals surface area contributed by atoms with Gasteiger partial charge in [-0.05, 0) is 18.7 Å². The molecule has 0 fully saturated rings. The molecule has 0 aliphatic carbocycles. The van der Waals surface area contributed by atoms with E-state index in [0.717, 1.165) is 11.3 Å². The van der Waals surface area contributed by atoms with Gasteiger partial charge in [-0.15, -0.1) is 0 Å². The molecule has 1 rings (SSSR count). The number of hydrogen-bond donors (Lipinski definition) is 0. The van der Waals surface area contributed by atoms with Gasteiger partial charge in [0.05, 0.1) is 7.11 Å². The number of halogens is 1. The van der Waals surface area contributed by atoms with E-state index >= 15 is 0 Å². The van der Waals surface area contributed by atoms with E-state index in [9.17, 15) is 4.39 Å². The van der Waals surface area contributed by atoms with Crippen molar-refractivity contribution in [2.24, 2.45) is 0 Å². The molecule has 14 heavy (non-hydrogen) atoms. The van der Waals surface area contributed by atoms with Crippen molar-refractivity contribution in [3.63, 3.8) is 0 Å². The third kappa shape index (κ3) is 2.64. The van der Waals surface area contributed by atoms with Crippen molar-refractivity contribution in [1.82, 2.24) is 0 Å². The maximum atomic E-state index is 13.5. The quantitative estimate of drug-likeness (QED) is 0.756. The largest absolute Gasteiger partial charge is 0.497 e. The number of benzene rings is 1. The normalized spacial score (nSPS) is 12.6. The molecule has 0 saturated carbocycles. The van der Waals surface area contributed by atoms with Gasteiger partial charge >= 0.3 is 0 Å². The Morgan fingerprint density at radius 3 is 2.71 bits per heavy atom. The van der Waals surface area contributed by atoms with Crippen LogP contribution in [-0.4, -0.2) is 12.9 Å². The Morgan fingerprint density at radius 1 is 1.50 bits per heavy atom. The molecule has 78 valence electrons. The standard InChI is InChI=1S/C11H15FOS/c1-4-14-8(2)10-6-5-9(13-3)7-11(10)12/h5-8H,4H2,1-3H3. The molecule has 0 spiro atoms. The van der Waals surface area contributed by atoms with Gasteiger partial charge in [0.2, 0.25) is 0 Å². The van der Waals surface area contributed by atoms with Crippen molar-refractivity contribution in [3.05, 3.63) is 29.6 Å². The van der Waals surface area contributed by atoms with Crippen molar-refractivity contribution in [2.45, 2.75) is 19.1 Å². The molecule has 0 aliphatic heterocycles. The lowest BCUT2D eigenvalue weighted by atomic mass is 10.1. The monoisotopic (exact) mass is 214 g/mol. The second-order valence-electron chi connectivity index (χ2n) is 2.99. The molecule has 0 aliphatic rings. The molecular formula is C11H15FOS. The number of rotatable bonds is 4. The topological polar surface area (TPSA) is 9.23 Å². The molecule has 1 unspecified atom stereocenters. The average Bonchev–Trinajstić information content (AvgIpc) is 2.17. The highest BCUT2D eigenvalue weighted by molar-refractivity contribution is 7.99. The van der Waals surface area contributed by atoms with Crippen molar-refractivity contribution >= 4 is 11.8 Å². The summed E-state index contributed by atoms with van der Waals surface area (Å²) in [4.78, 5) is 0. The summed E-state index contributed by atoms with van der Waals surface area (Å²) in [5.41, 5.74) is 0.748. The SMILES string of the molecule is CCSC(C)c1ccc(OC)cc1F. The lowest BCUT2D eigenvalue weighted by Gasteiger charge is -2.11. The molecule has 1 aromatic carbocycles. The van der Waals surface area contributed by atoms with Crippen LogP contribution in [-0.2, 0) is 0 Å². The van der Waals surface area contributed by atoms with E-state index < -0.39 is 0 Å². The summed E-state index contributed by atoms with van der Waals surface area (Å²) in [6.07, 6.45) is 0. The average molecular weight is 214 g/mol.